The summed E-state index contributed by atoms with van der Waals surface area (Å²) in [5.74, 6) is 0. The molecule has 0 aliphatic rings. The van der Waals surface area contributed by atoms with Crippen molar-refractivity contribution < 1.29 is 0 Å². The number of hydrogen-bond acceptors (Lipinski definition) is 1. The Kier molecular flexibility index (Phi) is 3.03. The molecule has 0 saturated carbocycles. The van der Waals surface area contributed by atoms with Crippen molar-refractivity contribution in [1.29, 1.82) is 0 Å². The smallest absolute Gasteiger partial charge is 0.0390 e. The summed E-state index contributed by atoms with van der Waals surface area (Å²) in [5, 5.41) is 5.87. The number of fused-ring (bicyclic) bond motifs is 1. The fraction of sp³-hybridized carbons (Fsp3) is 0. The van der Waals surface area contributed by atoms with Gasteiger partial charge in [0.05, 0.1) is 0 Å². The van der Waals surface area contributed by atoms with Crippen molar-refractivity contribution >= 4 is 38.1 Å². The maximum Gasteiger partial charge on any atom is 0.0390 e. The maximum absolute atomic E-state index is 3.49. The van der Waals surface area contributed by atoms with Crippen LogP contribution in [0.3, 0.4) is 0 Å². The molecule has 0 fully saturated rings. The SMILES string of the molecule is Brc1ccc2cc(Nc3ccccc3)ccc2c1. The van der Waals surface area contributed by atoms with Crippen molar-refractivity contribution in [2.75, 3.05) is 5.32 Å². The monoisotopic (exact) mass is 297 g/mol. The van der Waals surface area contributed by atoms with Gasteiger partial charge in [-0.05, 0) is 47.2 Å². The Hall–Kier alpha value is -1.80. The Morgan fingerprint density at radius 3 is 2.22 bits per heavy atom. The van der Waals surface area contributed by atoms with Gasteiger partial charge in [0.1, 0.15) is 0 Å². The zero-order valence-electron chi connectivity index (χ0n) is 9.73. The maximum atomic E-state index is 3.49. The van der Waals surface area contributed by atoms with Gasteiger partial charge in [-0.3, -0.25) is 0 Å². The van der Waals surface area contributed by atoms with Crippen molar-refractivity contribution in [3.8, 4) is 0 Å². The Morgan fingerprint density at radius 1 is 0.667 bits per heavy atom. The van der Waals surface area contributed by atoms with E-state index in [9.17, 15) is 0 Å². The average Bonchev–Trinajstić information content (AvgIpc) is 2.40. The highest BCUT2D eigenvalue weighted by atomic mass is 79.9. The molecule has 3 aromatic rings. The van der Waals surface area contributed by atoms with Crippen LogP contribution in [0.2, 0.25) is 0 Å². The van der Waals surface area contributed by atoms with Gasteiger partial charge in [0.25, 0.3) is 0 Å². The summed E-state index contributed by atoms with van der Waals surface area (Å²) < 4.78 is 1.11. The molecule has 0 bridgehead atoms. The molecule has 3 aromatic carbocycles. The standard InChI is InChI=1S/C16H12BrN/c17-14-8-6-13-11-16(9-7-12(13)10-14)18-15-4-2-1-3-5-15/h1-11,18H. The number of halogens is 1. The Labute approximate surface area is 115 Å². The van der Waals surface area contributed by atoms with Gasteiger partial charge in [-0.1, -0.05) is 46.3 Å². The van der Waals surface area contributed by atoms with Crippen LogP contribution in [0.1, 0.15) is 0 Å². The topological polar surface area (TPSA) is 12.0 Å². The predicted octanol–water partition coefficient (Wildman–Crippen LogP) is 5.35. The van der Waals surface area contributed by atoms with Crippen molar-refractivity contribution in [1.82, 2.24) is 0 Å². The molecule has 0 heterocycles. The van der Waals surface area contributed by atoms with Crippen LogP contribution in [0, 0.1) is 0 Å². The predicted molar refractivity (Wildman–Crippen MR) is 81.4 cm³/mol. The van der Waals surface area contributed by atoms with Crippen molar-refractivity contribution in [3.05, 3.63) is 71.2 Å². The summed E-state index contributed by atoms with van der Waals surface area (Å²) in [5.41, 5.74) is 2.21. The number of hydrogen-bond donors (Lipinski definition) is 1. The Morgan fingerprint density at radius 2 is 1.39 bits per heavy atom. The molecule has 18 heavy (non-hydrogen) atoms. The first-order valence-electron chi connectivity index (χ1n) is 5.83. The third-order valence-electron chi connectivity index (χ3n) is 2.86. The van der Waals surface area contributed by atoms with Crippen LogP contribution in [-0.4, -0.2) is 0 Å². The second-order valence-electron chi connectivity index (χ2n) is 4.20. The fourth-order valence-corrected chi connectivity index (χ4v) is 2.36. The lowest BCUT2D eigenvalue weighted by Gasteiger charge is -2.07. The van der Waals surface area contributed by atoms with Crippen LogP contribution in [0.5, 0.6) is 0 Å². The molecule has 3 rings (SSSR count). The number of benzene rings is 3. The van der Waals surface area contributed by atoms with Crippen LogP contribution in [0.15, 0.2) is 71.2 Å². The first kappa shape index (κ1) is 11.3. The molecule has 0 spiro atoms. The Bertz CT molecular complexity index is 677. The third-order valence-corrected chi connectivity index (χ3v) is 3.36. The number of rotatable bonds is 2. The lowest BCUT2D eigenvalue weighted by Crippen LogP contribution is -1.89. The summed E-state index contributed by atoms with van der Waals surface area (Å²) in [6, 6.07) is 22.9. The summed E-state index contributed by atoms with van der Waals surface area (Å²) in [4.78, 5) is 0. The van der Waals surface area contributed by atoms with Gasteiger partial charge in [-0.15, -0.1) is 0 Å². The van der Waals surface area contributed by atoms with E-state index in [0.717, 1.165) is 15.8 Å². The molecule has 1 N–H and O–H groups in total. The quantitative estimate of drug-likeness (QED) is 0.673. The van der Waals surface area contributed by atoms with E-state index in [1.165, 1.54) is 10.8 Å². The molecule has 0 aromatic heterocycles. The van der Waals surface area contributed by atoms with E-state index < -0.39 is 0 Å². The van der Waals surface area contributed by atoms with Crippen LogP contribution in [-0.2, 0) is 0 Å². The van der Waals surface area contributed by atoms with Crippen molar-refractivity contribution in [2.45, 2.75) is 0 Å². The molecule has 0 unspecified atom stereocenters. The van der Waals surface area contributed by atoms with E-state index in [1.54, 1.807) is 0 Å². The molecule has 2 heteroatoms. The van der Waals surface area contributed by atoms with E-state index >= 15 is 0 Å². The van der Waals surface area contributed by atoms with Gasteiger partial charge in [0.15, 0.2) is 0 Å². The van der Waals surface area contributed by atoms with Crippen LogP contribution >= 0.6 is 15.9 Å². The lowest BCUT2D eigenvalue weighted by atomic mass is 10.1. The van der Waals surface area contributed by atoms with Crippen LogP contribution < -0.4 is 5.32 Å². The molecule has 0 amide bonds. The molecule has 0 aliphatic carbocycles. The molecule has 1 nitrogen and oxygen atoms in total. The van der Waals surface area contributed by atoms with Gasteiger partial charge >= 0.3 is 0 Å². The zero-order valence-corrected chi connectivity index (χ0v) is 11.3. The van der Waals surface area contributed by atoms with E-state index in [0.29, 0.717) is 0 Å². The minimum atomic E-state index is 1.11. The normalized spacial score (nSPS) is 10.5. The first-order valence-corrected chi connectivity index (χ1v) is 6.62. The van der Waals surface area contributed by atoms with E-state index in [4.69, 9.17) is 0 Å². The first-order chi connectivity index (χ1) is 8.81. The third kappa shape index (κ3) is 2.39. The van der Waals surface area contributed by atoms with Crippen molar-refractivity contribution in [2.24, 2.45) is 0 Å². The highest BCUT2D eigenvalue weighted by molar-refractivity contribution is 9.10. The largest absolute Gasteiger partial charge is 0.356 e. The fourth-order valence-electron chi connectivity index (χ4n) is 1.98. The van der Waals surface area contributed by atoms with Gasteiger partial charge < -0.3 is 5.32 Å². The zero-order chi connectivity index (χ0) is 12.4. The molecular weight excluding hydrogens is 286 g/mol. The van der Waals surface area contributed by atoms with E-state index in [2.05, 4.69) is 69.8 Å². The van der Waals surface area contributed by atoms with Crippen LogP contribution in [0.4, 0.5) is 11.4 Å². The highest BCUT2D eigenvalue weighted by Crippen LogP contribution is 2.24. The molecule has 0 saturated heterocycles. The number of para-hydroxylation sites is 1. The molecule has 0 aliphatic heterocycles. The van der Waals surface area contributed by atoms with Gasteiger partial charge in [0, 0.05) is 15.8 Å². The lowest BCUT2D eigenvalue weighted by molar-refractivity contribution is 1.57. The molecular formula is C16H12BrN. The second kappa shape index (κ2) is 4.83. The minimum absolute atomic E-state index is 1.11. The summed E-state index contributed by atoms with van der Waals surface area (Å²) in [6.07, 6.45) is 0. The number of anilines is 2. The molecule has 0 radical (unpaired) electrons. The summed E-state index contributed by atoms with van der Waals surface area (Å²) in [6.45, 7) is 0. The average molecular weight is 298 g/mol. The highest BCUT2D eigenvalue weighted by Gasteiger charge is 1.98. The number of nitrogens with one attached hydrogen (secondary N) is 1. The van der Waals surface area contributed by atoms with Crippen LogP contribution in [0.25, 0.3) is 10.8 Å². The van der Waals surface area contributed by atoms with Crippen molar-refractivity contribution in [3.63, 3.8) is 0 Å². The molecule has 0 atom stereocenters. The van der Waals surface area contributed by atoms with E-state index in [-0.39, 0.29) is 0 Å². The van der Waals surface area contributed by atoms with Gasteiger partial charge in [-0.2, -0.15) is 0 Å². The minimum Gasteiger partial charge on any atom is -0.356 e. The summed E-state index contributed by atoms with van der Waals surface area (Å²) in [7, 11) is 0. The molecule has 88 valence electrons. The second-order valence-corrected chi connectivity index (χ2v) is 5.11. The van der Waals surface area contributed by atoms with Gasteiger partial charge in [-0.25, -0.2) is 0 Å². The van der Waals surface area contributed by atoms with E-state index in [1.807, 2.05) is 18.2 Å². The Balaban J connectivity index is 1.96. The van der Waals surface area contributed by atoms with Gasteiger partial charge in [0.2, 0.25) is 0 Å². The summed E-state index contributed by atoms with van der Waals surface area (Å²) >= 11 is 3.49.